The minimum absolute atomic E-state index is 0.0393. The molecule has 1 aliphatic heterocycles. The molecule has 0 saturated carbocycles. The summed E-state index contributed by atoms with van der Waals surface area (Å²) in [5, 5.41) is 16.3. The monoisotopic (exact) mass is 437 g/mol. The Kier molecular flexibility index (Phi) is 4.88. The summed E-state index contributed by atoms with van der Waals surface area (Å²) in [7, 11) is 0. The van der Waals surface area contributed by atoms with Crippen LogP contribution < -0.4 is 10.3 Å². The number of rotatable bonds is 5. The van der Waals surface area contributed by atoms with Gasteiger partial charge in [-0.2, -0.15) is 5.10 Å². The van der Waals surface area contributed by atoms with Crippen molar-refractivity contribution in [1.29, 1.82) is 0 Å². The number of H-pyrrole nitrogens is 1. The number of hydrogen-bond donors (Lipinski definition) is 1. The molecular weight excluding hydrogens is 422 g/mol. The highest BCUT2D eigenvalue weighted by Gasteiger charge is 2.21. The second-order valence-electron chi connectivity index (χ2n) is 6.75. The van der Waals surface area contributed by atoms with E-state index >= 15 is 0 Å². The van der Waals surface area contributed by atoms with Gasteiger partial charge in [0.15, 0.2) is 17.6 Å². The van der Waals surface area contributed by atoms with Crippen LogP contribution in [0.25, 0.3) is 16.7 Å². The summed E-state index contributed by atoms with van der Waals surface area (Å²) in [6.45, 7) is 0.325. The molecule has 0 radical (unpaired) electrons. The number of benzene rings is 2. The smallest absolute Gasteiger partial charge is 0.270 e. The number of non-ortho nitro benzene ring substituents is 1. The molecule has 11 heteroatoms. The van der Waals surface area contributed by atoms with Gasteiger partial charge < -0.3 is 14.5 Å². The predicted molar refractivity (Wildman–Crippen MR) is 112 cm³/mol. The second-order valence-corrected chi connectivity index (χ2v) is 7.71. The molecule has 0 amide bonds. The van der Waals surface area contributed by atoms with Crippen LogP contribution in [0.4, 0.5) is 5.69 Å². The third-order valence-electron chi connectivity index (χ3n) is 4.76. The van der Waals surface area contributed by atoms with Gasteiger partial charge in [0.25, 0.3) is 11.2 Å². The zero-order chi connectivity index (χ0) is 21.4. The summed E-state index contributed by atoms with van der Waals surface area (Å²) in [5.74, 6) is 0.889. The van der Waals surface area contributed by atoms with Crippen molar-refractivity contribution in [2.45, 2.75) is 17.5 Å². The number of thioether (sulfide) groups is 1. The van der Waals surface area contributed by atoms with Crippen LogP contribution in [0.15, 0.2) is 58.6 Å². The fourth-order valence-corrected chi connectivity index (χ4v) is 4.19. The Labute approximate surface area is 179 Å². The van der Waals surface area contributed by atoms with E-state index in [1.165, 1.54) is 30.1 Å². The molecule has 2 aromatic carbocycles. The maximum atomic E-state index is 12.5. The molecule has 0 unspecified atom stereocenters. The summed E-state index contributed by atoms with van der Waals surface area (Å²) in [6, 6.07) is 12.3. The normalized spacial score (nSPS) is 13.0. The average molecular weight is 437 g/mol. The molecule has 5 rings (SSSR count). The standard InChI is InChI=1S/C20H15N5O5S/c26-19-16-8-21-24(14-4-2-1-3-5-14)18(16)22-20(23-19)31-10-13-7-15(25(27)28)6-12-9-29-11-30-17(12)13/h1-8H,9-11H2,(H,22,23,26). The van der Waals surface area contributed by atoms with Crippen molar-refractivity contribution in [3.05, 3.63) is 80.3 Å². The SMILES string of the molecule is O=c1[nH]c(SCc2cc([N+](=O)[O-])cc3c2OCOC3)nc2c1cnn2-c1ccccc1. The molecule has 0 atom stereocenters. The Morgan fingerprint density at radius 3 is 2.90 bits per heavy atom. The van der Waals surface area contributed by atoms with E-state index in [2.05, 4.69) is 15.1 Å². The van der Waals surface area contributed by atoms with Gasteiger partial charge in [0.1, 0.15) is 11.1 Å². The molecule has 0 spiro atoms. The third-order valence-corrected chi connectivity index (χ3v) is 5.69. The van der Waals surface area contributed by atoms with E-state index in [-0.39, 0.29) is 24.6 Å². The van der Waals surface area contributed by atoms with Gasteiger partial charge in [-0.1, -0.05) is 30.0 Å². The lowest BCUT2D eigenvalue weighted by molar-refractivity contribution is -0.385. The van der Waals surface area contributed by atoms with Crippen LogP contribution in [0, 0.1) is 10.1 Å². The molecule has 0 saturated heterocycles. The van der Waals surface area contributed by atoms with Gasteiger partial charge in [0, 0.05) is 29.0 Å². The molecule has 156 valence electrons. The molecule has 4 aromatic rings. The molecular formula is C20H15N5O5S. The van der Waals surface area contributed by atoms with E-state index < -0.39 is 4.92 Å². The zero-order valence-corrected chi connectivity index (χ0v) is 16.8. The fraction of sp³-hybridized carbons (Fsp3) is 0.150. The number of nitro benzene ring substituents is 1. The highest BCUT2D eigenvalue weighted by atomic mass is 32.2. The number of nitrogens with zero attached hydrogens (tertiary/aromatic N) is 4. The van der Waals surface area contributed by atoms with Crippen molar-refractivity contribution in [2.75, 3.05) is 6.79 Å². The van der Waals surface area contributed by atoms with Crippen molar-refractivity contribution >= 4 is 28.5 Å². The topological polar surface area (TPSA) is 125 Å². The summed E-state index contributed by atoms with van der Waals surface area (Å²) in [5.41, 5.74) is 2.13. The number of hydrogen-bond acceptors (Lipinski definition) is 8. The van der Waals surface area contributed by atoms with Crippen molar-refractivity contribution < 1.29 is 14.4 Å². The molecule has 3 heterocycles. The van der Waals surface area contributed by atoms with Crippen LogP contribution in [0.3, 0.4) is 0 Å². The van der Waals surface area contributed by atoms with E-state index in [0.717, 1.165) is 5.69 Å². The lowest BCUT2D eigenvalue weighted by atomic mass is 10.1. The number of aromatic nitrogens is 4. The lowest BCUT2D eigenvalue weighted by Crippen LogP contribution is -2.13. The maximum absolute atomic E-state index is 12.5. The van der Waals surface area contributed by atoms with Crippen molar-refractivity contribution in [1.82, 2.24) is 19.7 Å². The Balaban J connectivity index is 1.50. The Bertz CT molecular complexity index is 1350. The Hall–Kier alpha value is -3.70. The predicted octanol–water partition coefficient (Wildman–Crippen LogP) is 3.18. The van der Waals surface area contributed by atoms with Gasteiger partial charge >= 0.3 is 0 Å². The van der Waals surface area contributed by atoms with Crippen LogP contribution in [0.1, 0.15) is 11.1 Å². The third kappa shape index (κ3) is 3.64. The van der Waals surface area contributed by atoms with Gasteiger partial charge in [-0.25, -0.2) is 9.67 Å². The maximum Gasteiger partial charge on any atom is 0.270 e. The van der Waals surface area contributed by atoms with Crippen molar-refractivity contribution in [3.63, 3.8) is 0 Å². The van der Waals surface area contributed by atoms with Gasteiger partial charge in [-0.05, 0) is 12.1 Å². The first-order valence-electron chi connectivity index (χ1n) is 9.27. The van der Waals surface area contributed by atoms with Gasteiger partial charge in [0.2, 0.25) is 0 Å². The average Bonchev–Trinajstić information content (AvgIpc) is 3.22. The first kappa shape index (κ1) is 19.3. The zero-order valence-electron chi connectivity index (χ0n) is 16.0. The van der Waals surface area contributed by atoms with E-state index in [9.17, 15) is 14.9 Å². The van der Waals surface area contributed by atoms with Crippen molar-refractivity contribution in [2.24, 2.45) is 0 Å². The summed E-state index contributed by atoms with van der Waals surface area (Å²) < 4.78 is 12.4. The lowest BCUT2D eigenvalue weighted by Gasteiger charge is -2.20. The van der Waals surface area contributed by atoms with Crippen LogP contribution in [-0.2, 0) is 17.1 Å². The number of ether oxygens (including phenoxy) is 2. The molecule has 0 fully saturated rings. The highest BCUT2D eigenvalue weighted by Crippen LogP contribution is 2.35. The fourth-order valence-electron chi connectivity index (χ4n) is 3.36. The number of aromatic amines is 1. The van der Waals surface area contributed by atoms with Crippen LogP contribution in [0.5, 0.6) is 5.75 Å². The van der Waals surface area contributed by atoms with E-state index in [1.54, 1.807) is 4.68 Å². The largest absolute Gasteiger partial charge is 0.467 e. The van der Waals surface area contributed by atoms with E-state index in [4.69, 9.17) is 9.47 Å². The van der Waals surface area contributed by atoms with Crippen LogP contribution in [-0.4, -0.2) is 31.5 Å². The van der Waals surface area contributed by atoms with Crippen LogP contribution >= 0.6 is 11.8 Å². The summed E-state index contributed by atoms with van der Waals surface area (Å²) in [6.07, 6.45) is 1.48. The number of fused-ring (bicyclic) bond motifs is 2. The Morgan fingerprint density at radius 2 is 2.10 bits per heavy atom. The minimum atomic E-state index is -0.451. The van der Waals surface area contributed by atoms with Crippen LogP contribution in [0.2, 0.25) is 0 Å². The minimum Gasteiger partial charge on any atom is -0.467 e. The highest BCUT2D eigenvalue weighted by molar-refractivity contribution is 7.98. The van der Waals surface area contributed by atoms with Gasteiger partial charge in [-0.3, -0.25) is 14.9 Å². The molecule has 31 heavy (non-hydrogen) atoms. The van der Waals surface area contributed by atoms with Crippen molar-refractivity contribution in [3.8, 4) is 11.4 Å². The quantitative estimate of drug-likeness (QED) is 0.218. The molecule has 0 bridgehead atoms. The first-order chi connectivity index (χ1) is 15.1. The number of nitro groups is 1. The molecule has 1 aliphatic rings. The van der Waals surface area contributed by atoms with E-state index in [0.29, 0.717) is 38.8 Å². The number of nitrogens with one attached hydrogen (secondary N) is 1. The second kappa shape index (κ2) is 7.85. The molecule has 0 aliphatic carbocycles. The Morgan fingerprint density at radius 1 is 1.26 bits per heavy atom. The summed E-state index contributed by atoms with van der Waals surface area (Å²) >= 11 is 1.25. The van der Waals surface area contributed by atoms with Gasteiger partial charge in [-0.15, -0.1) is 0 Å². The summed E-state index contributed by atoms with van der Waals surface area (Å²) in [4.78, 5) is 30.7. The first-order valence-corrected chi connectivity index (χ1v) is 10.3. The molecule has 10 nitrogen and oxygen atoms in total. The molecule has 1 N–H and O–H groups in total. The number of para-hydroxylation sites is 1. The van der Waals surface area contributed by atoms with Gasteiger partial charge in [0.05, 0.1) is 23.4 Å². The molecule has 2 aromatic heterocycles. The van der Waals surface area contributed by atoms with E-state index in [1.807, 2.05) is 30.3 Å².